The van der Waals surface area contributed by atoms with Crippen molar-refractivity contribution >= 4 is 34.6 Å². The zero-order valence-corrected chi connectivity index (χ0v) is 18.2. The number of furan rings is 1. The van der Waals surface area contributed by atoms with Crippen molar-refractivity contribution in [3.8, 4) is 0 Å². The number of carbonyl (C=O) groups excluding carboxylic acids is 3. The van der Waals surface area contributed by atoms with Gasteiger partial charge in [-0.25, -0.2) is 14.5 Å². The Bertz CT molecular complexity index is 1330. The van der Waals surface area contributed by atoms with Crippen molar-refractivity contribution < 1.29 is 23.5 Å². The number of β-lactam (4-membered cyclic amide) rings is 1. The summed E-state index contributed by atoms with van der Waals surface area (Å²) in [6.45, 7) is 0.0617. The topological polar surface area (TPSA) is 88.8 Å². The number of esters is 1. The van der Waals surface area contributed by atoms with Gasteiger partial charge in [0.2, 0.25) is 5.91 Å². The third kappa shape index (κ3) is 4.28. The molecule has 1 aliphatic heterocycles. The molecule has 3 aromatic carbocycles. The fourth-order valence-electron chi connectivity index (χ4n) is 4.16. The van der Waals surface area contributed by atoms with E-state index in [1.54, 1.807) is 30.5 Å². The highest BCUT2D eigenvalue weighted by molar-refractivity contribution is 6.11. The Hall–Kier alpha value is -4.39. The van der Waals surface area contributed by atoms with Gasteiger partial charge in [-0.3, -0.25) is 4.79 Å². The largest absolute Gasteiger partial charge is 0.464 e. The highest BCUT2D eigenvalue weighted by Crippen LogP contribution is 2.33. The molecule has 34 heavy (non-hydrogen) atoms. The number of urea groups is 1. The molecule has 0 aliphatic carbocycles. The number of likely N-dealkylation sites (tertiary alicyclic amines) is 1. The van der Waals surface area contributed by atoms with E-state index in [0.717, 1.165) is 27.0 Å². The Morgan fingerprint density at radius 1 is 0.912 bits per heavy atom. The first-order valence-corrected chi connectivity index (χ1v) is 11.0. The van der Waals surface area contributed by atoms with Crippen LogP contribution in [-0.2, 0) is 27.4 Å². The van der Waals surface area contributed by atoms with Crippen molar-refractivity contribution in [3.05, 3.63) is 102 Å². The molecule has 7 heteroatoms. The van der Waals surface area contributed by atoms with Crippen LogP contribution < -0.4 is 5.32 Å². The number of para-hydroxylation sites is 1. The molecular weight excluding hydrogens is 432 g/mol. The molecule has 1 saturated heterocycles. The van der Waals surface area contributed by atoms with Gasteiger partial charge in [-0.2, -0.15) is 0 Å². The van der Waals surface area contributed by atoms with Gasteiger partial charge in [0, 0.05) is 11.1 Å². The lowest BCUT2D eigenvalue weighted by atomic mass is 9.82. The van der Waals surface area contributed by atoms with Gasteiger partial charge in [-0.15, -0.1) is 0 Å². The predicted molar refractivity (Wildman–Crippen MR) is 126 cm³/mol. The van der Waals surface area contributed by atoms with Crippen molar-refractivity contribution in [2.24, 2.45) is 5.92 Å². The first-order valence-electron chi connectivity index (χ1n) is 11.0. The van der Waals surface area contributed by atoms with Crippen LogP contribution in [0.3, 0.4) is 0 Å². The highest BCUT2D eigenvalue weighted by atomic mass is 16.5. The van der Waals surface area contributed by atoms with Crippen LogP contribution in [0.5, 0.6) is 0 Å². The van der Waals surface area contributed by atoms with E-state index < -0.39 is 29.9 Å². The summed E-state index contributed by atoms with van der Waals surface area (Å²) in [5.41, 5.74) is 2.97. The number of nitrogens with one attached hydrogen (secondary N) is 1. The van der Waals surface area contributed by atoms with E-state index in [2.05, 4.69) is 5.32 Å². The second kappa shape index (κ2) is 9.23. The molecule has 1 aromatic heterocycles. The van der Waals surface area contributed by atoms with Gasteiger partial charge in [0.1, 0.15) is 12.2 Å². The van der Waals surface area contributed by atoms with Crippen molar-refractivity contribution in [3.63, 3.8) is 0 Å². The van der Waals surface area contributed by atoms with Crippen LogP contribution >= 0.6 is 0 Å². The molecule has 1 N–H and O–H groups in total. The fourth-order valence-corrected chi connectivity index (χ4v) is 4.16. The zero-order valence-electron chi connectivity index (χ0n) is 18.2. The maximum absolute atomic E-state index is 13.1. The number of benzene rings is 3. The van der Waals surface area contributed by atoms with E-state index in [4.69, 9.17) is 9.15 Å². The Balaban J connectivity index is 1.35. The first kappa shape index (κ1) is 21.5. The predicted octanol–water partition coefficient (Wildman–Crippen LogP) is 4.78. The number of amides is 3. The number of rotatable bonds is 6. The SMILES string of the molecule is O=C(OCc1ccccc1)[C@@H]1[C@@H](Cc2ccc3occc3c2)C(=O)N1C(=O)Nc1ccccc1. The number of anilines is 1. The number of fused-ring (bicyclic) bond motifs is 1. The highest BCUT2D eigenvalue weighted by Gasteiger charge is 2.55. The third-order valence-electron chi connectivity index (χ3n) is 5.90. The molecule has 3 amide bonds. The average molecular weight is 454 g/mol. The molecule has 0 spiro atoms. The Morgan fingerprint density at radius 2 is 1.65 bits per heavy atom. The van der Waals surface area contributed by atoms with E-state index >= 15 is 0 Å². The monoisotopic (exact) mass is 454 g/mol. The first-order chi connectivity index (χ1) is 16.6. The lowest BCUT2D eigenvalue weighted by molar-refractivity contribution is -0.170. The molecule has 2 heterocycles. The van der Waals surface area contributed by atoms with Crippen LogP contribution in [0.25, 0.3) is 11.0 Å². The summed E-state index contributed by atoms with van der Waals surface area (Å²) in [5, 5.41) is 3.59. The molecule has 0 radical (unpaired) electrons. The zero-order chi connectivity index (χ0) is 23.5. The molecule has 0 saturated carbocycles. The standard InChI is InChI=1S/C27H22N2O5/c30-25-22(16-19-11-12-23-20(15-19)13-14-33-23)24(26(31)34-17-18-7-3-1-4-8-18)29(25)27(32)28-21-9-5-2-6-10-21/h1-15,22,24H,16-17H2,(H,28,32)/t22-,24+/m1/s1. The fraction of sp³-hybridized carbons (Fsp3) is 0.148. The van der Waals surface area contributed by atoms with Gasteiger partial charge >= 0.3 is 12.0 Å². The van der Waals surface area contributed by atoms with Gasteiger partial charge in [0.25, 0.3) is 0 Å². The minimum Gasteiger partial charge on any atom is -0.464 e. The third-order valence-corrected chi connectivity index (χ3v) is 5.90. The minimum absolute atomic E-state index is 0.0617. The van der Waals surface area contributed by atoms with Crippen molar-refractivity contribution in [1.29, 1.82) is 0 Å². The normalized spacial score (nSPS) is 17.3. The van der Waals surface area contributed by atoms with Gasteiger partial charge < -0.3 is 14.5 Å². The number of nitrogens with zero attached hydrogens (tertiary/aromatic N) is 1. The summed E-state index contributed by atoms with van der Waals surface area (Å²) in [4.78, 5) is 40.0. The number of imide groups is 1. The molecule has 7 nitrogen and oxygen atoms in total. The van der Waals surface area contributed by atoms with Crippen molar-refractivity contribution in [2.45, 2.75) is 19.1 Å². The second-order valence-corrected chi connectivity index (χ2v) is 8.15. The molecule has 1 aliphatic rings. The molecule has 2 atom stereocenters. The Labute approximate surface area is 195 Å². The van der Waals surface area contributed by atoms with Crippen LogP contribution in [0.4, 0.5) is 10.5 Å². The summed E-state index contributed by atoms with van der Waals surface area (Å²) in [5.74, 6) is -1.72. The lowest BCUT2D eigenvalue weighted by Gasteiger charge is -2.43. The molecule has 170 valence electrons. The molecule has 0 bridgehead atoms. The average Bonchev–Trinajstić information content (AvgIpc) is 3.33. The minimum atomic E-state index is -1.01. The van der Waals surface area contributed by atoms with Gasteiger partial charge in [0.15, 0.2) is 6.04 Å². The van der Waals surface area contributed by atoms with E-state index in [-0.39, 0.29) is 6.61 Å². The van der Waals surface area contributed by atoms with E-state index in [0.29, 0.717) is 12.1 Å². The number of hydrogen-bond donors (Lipinski definition) is 1. The van der Waals surface area contributed by atoms with Gasteiger partial charge in [-0.05, 0) is 47.9 Å². The van der Waals surface area contributed by atoms with Gasteiger partial charge in [-0.1, -0.05) is 54.6 Å². The van der Waals surface area contributed by atoms with Crippen LogP contribution in [0.15, 0.2) is 95.6 Å². The summed E-state index contributed by atoms with van der Waals surface area (Å²) in [6.07, 6.45) is 1.91. The number of hydrogen-bond acceptors (Lipinski definition) is 5. The molecule has 4 aromatic rings. The van der Waals surface area contributed by atoms with Crippen LogP contribution in [0.1, 0.15) is 11.1 Å². The summed E-state index contributed by atoms with van der Waals surface area (Å²) >= 11 is 0. The summed E-state index contributed by atoms with van der Waals surface area (Å²) in [7, 11) is 0. The quantitative estimate of drug-likeness (QED) is 0.335. The van der Waals surface area contributed by atoms with Crippen LogP contribution in [-0.4, -0.2) is 28.8 Å². The van der Waals surface area contributed by atoms with E-state index in [1.807, 2.05) is 60.7 Å². The van der Waals surface area contributed by atoms with Crippen LogP contribution in [0.2, 0.25) is 0 Å². The number of ether oxygens (including phenoxy) is 1. The summed E-state index contributed by atoms with van der Waals surface area (Å²) in [6, 6.07) is 23.8. The molecule has 0 unspecified atom stereocenters. The van der Waals surface area contributed by atoms with Gasteiger partial charge in [0.05, 0.1) is 12.2 Å². The van der Waals surface area contributed by atoms with E-state index in [1.165, 1.54) is 0 Å². The Kier molecular flexibility index (Phi) is 5.82. The second-order valence-electron chi connectivity index (χ2n) is 8.15. The smallest absolute Gasteiger partial charge is 0.330 e. The maximum Gasteiger partial charge on any atom is 0.330 e. The van der Waals surface area contributed by atoms with Crippen LogP contribution in [0, 0.1) is 5.92 Å². The maximum atomic E-state index is 13.1. The van der Waals surface area contributed by atoms with Crippen molar-refractivity contribution in [2.75, 3.05) is 5.32 Å². The molecule has 5 rings (SSSR count). The molecule has 1 fully saturated rings. The molecular formula is C27H22N2O5. The van der Waals surface area contributed by atoms with E-state index in [9.17, 15) is 14.4 Å². The summed E-state index contributed by atoms with van der Waals surface area (Å²) < 4.78 is 10.9. The number of carbonyl (C=O) groups is 3. The van der Waals surface area contributed by atoms with Crippen molar-refractivity contribution in [1.82, 2.24) is 4.90 Å². The lowest BCUT2D eigenvalue weighted by Crippen LogP contribution is -2.68. The Morgan fingerprint density at radius 3 is 2.41 bits per heavy atom.